The number of aromatic nitrogens is 3. The van der Waals surface area contributed by atoms with Crippen LogP contribution in [0.5, 0.6) is 12.0 Å². The van der Waals surface area contributed by atoms with Crippen molar-refractivity contribution in [2.75, 3.05) is 19.5 Å². The summed E-state index contributed by atoms with van der Waals surface area (Å²) in [7, 11) is 3.28. The molecule has 1 fully saturated rings. The minimum Gasteiger partial charge on any atom is -0.467 e. The van der Waals surface area contributed by atoms with E-state index in [2.05, 4.69) is 27.2 Å². The second-order valence-corrected chi connectivity index (χ2v) is 4.68. The topological polar surface area (TPSA) is 69.2 Å². The van der Waals surface area contributed by atoms with Crippen molar-refractivity contribution < 1.29 is 9.47 Å². The van der Waals surface area contributed by atoms with Crippen molar-refractivity contribution in [1.82, 2.24) is 15.0 Å². The number of anilines is 1. The molecule has 0 saturated heterocycles. The van der Waals surface area contributed by atoms with Crippen LogP contribution >= 0.6 is 0 Å². The van der Waals surface area contributed by atoms with Gasteiger partial charge < -0.3 is 14.8 Å². The van der Waals surface area contributed by atoms with Crippen molar-refractivity contribution in [3.8, 4) is 12.0 Å². The summed E-state index contributed by atoms with van der Waals surface area (Å²) in [5, 5.41) is 2.86. The van der Waals surface area contributed by atoms with Gasteiger partial charge in [-0.1, -0.05) is 6.92 Å². The molecule has 1 aliphatic carbocycles. The number of nitrogens with one attached hydrogen (secondary N) is 1. The molecule has 1 aromatic rings. The van der Waals surface area contributed by atoms with Crippen LogP contribution < -0.4 is 14.8 Å². The Morgan fingerprint density at radius 2 is 1.72 bits per heavy atom. The highest BCUT2D eigenvalue weighted by Gasteiger charge is 2.21. The summed E-state index contributed by atoms with van der Waals surface area (Å²) >= 11 is 0. The van der Waals surface area contributed by atoms with Crippen LogP contribution in [0.2, 0.25) is 0 Å². The average molecular weight is 252 g/mol. The van der Waals surface area contributed by atoms with Gasteiger partial charge in [-0.05, 0) is 31.6 Å². The maximum absolute atomic E-state index is 5.81. The molecule has 0 unspecified atom stereocenters. The molecule has 18 heavy (non-hydrogen) atoms. The largest absolute Gasteiger partial charge is 0.467 e. The van der Waals surface area contributed by atoms with Crippen molar-refractivity contribution in [3.63, 3.8) is 0 Å². The molecule has 6 nitrogen and oxygen atoms in total. The average Bonchev–Trinajstić information content (AvgIpc) is 2.41. The summed E-state index contributed by atoms with van der Waals surface area (Å²) in [6, 6.07) is 0.610. The van der Waals surface area contributed by atoms with E-state index in [1.807, 2.05) is 0 Å². The van der Waals surface area contributed by atoms with Gasteiger partial charge in [-0.15, -0.1) is 4.98 Å². The van der Waals surface area contributed by atoms with Crippen molar-refractivity contribution in [3.05, 3.63) is 0 Å². The molecule has 0 aromatic carbocycles. The molecule has 0 amide bonds. The number of hydrogen-bond acceptors (Lipinski definition) is 6. The fourth-order valence-corrected chi connectivity index (χ4v) is 2.09. The van der Waals surface area contributed by atoms with Crippen LogP contribution in [0.25, 0.3) is 0 Å². The van der Waals surface area contributed by atoms with E-state index in [1.165, 1.54) is 20.0 Å². The fourth-order valence-electron chi connectivity index (χ4n) is 2.09. The Kier molecular flexibility index (Phi) is 4.17. The Balaban J connectivity index is 2.03. The monoisotopic (exact) mass is 252 g/mol. The molecule has 1 aliphatic rings. The van der Waals surface area contributed by atoms with Crippen LogP contribution in [0.4, 0.5) is 5.95 Å². The second kappa shape index (κ2) is 5.84. The molecule has 1 heterocycles. The highest BCUT2D eigenvalue weighted by molar-refractivity contribution is 5.26. The number of hydrogen-bond donors (Lipinski definition) is 1. The third kappa shape index (κ3) is 3.21. The van der Waals surface area contributed by atoms with Gasteiger partial charge in [0.05, 0.1) is 7.11 Å². The molecule has 0 atom stereocenters. The zero-order valence-electron chi connectivity index (χ0n) is 11.1. The Hall–Kier alpha value is -1.59. The zero-order chi connectivity index (χ0) is 13.0. The lowest BCUT2D eigenvalue weighted by molar-refractivity contribution is 0.123. The van der Waals surface area contributed by atoms with Crippen molar-refractivity contribution in [2.45, 2.75) is 38.7 Å². The first-order valence-corrected chi connectivity index (χ1v) is 6.35. The molecule has 1 N–H and O–H groups in total. The second-order valence-electron chi connectivity index (χ2n) is 4.68. The molecule has 0 aliphatic heterocycles. The summed E-state index contributed by atoms with van der Waals surface area (Å²) in [6.45, 7) is 2.28. The van der Waals surface area contributed by atoms with Crippen LogP contribution in [0.15, 0.2) is 0 Å². The van der Waals surface area contributed by atoms with Crippen LogP contribution in [0.3, 0.4) is 0 Å². The van der Waals surface area contributed by atoms with Crippen molar-refractivity contribution in [1.29, 1.82) is 0 Å². The third-order valence-corrected chi connectivity index (χ3v) is 3.24. The van der Waals surface area contributed by atoms with E-state index in [0.717, 1.165) is 18.8 Å². The van der Waals surface area contributed by atoms with Gasteiger partial charge in [0, 0.05) is 7.05 Å². The van der Waals surface area contributed by atoms with Gasteiger partial charge in [-0.2, -0.15) is 9.97 Å². The summed E-state index contributed by atoms with van der Waals surface area (Å²) in [5.41, 5.74) is 0. The molecule has 2 rings (SSSR count). The maximum Gasteiger partial charge on any atom is 0.324 e. The lowest BCUT2D eigenvalue weighted by atomic mass is 9.89. The lowest BCUT2D eigenvalue weighted by Crippen LogP contribution is -2.24. The first-order valence-electron chi connectivity index (χ1n) is 6.35. The van der Waals surface area contributed by atoms with E-state index < -0.39 is 0 Å². The highest BCUT2D eigenvalue weighted by atomic mass is 16.5. The Morgan fingerprint density at radius 1 is 1.06 bits per heavy atom. The van der Waals surface area contributed by atoms with Crippen LogP contribution in [0, 0.1) is 5.92 Å². The van der Waals surface area contributed by atoms with Crippen molar-refractivity contribution in [2.24, 2.45) is 5.92 Å². The molecule has 0 radical (unpaired) electrons. The van der Waals surface area contributed by atoms with E-state index in [4.69, 9.17) is 9.47 Å². The van der Waals surface area contributed by atoms with Gasteiger partial charge >= 0.3 is 12.0 Å². The number of ether oxygens (including phenoxy) is 2. The number of methoxy groups -OCH3 is 1. The Labute approximate surface area is 107 Å². The predicted octanol–water partition coefficient (Wildman–Crippen LogP) is 1.88. The van der Waals surface area contributed by atoms with E-state index in [-0.39, 0.29) is 12.1 Å². The van der Waals surface area contributed by atoms with Gasteiger partial charge in [0.15, 0.2) is 0 Å². The van der Waals surface area contributed by atoms with Gasteiger partial charge in [0.25, 0.3) is 0 Å². The maximum atomic E-state index is 5.81. The number of rotatable bonds is 4. The Morgan fingerprint density at radius 3 is 2.33 bits per heavy atom. The third-order valence-electron chi connectivity index (χ3n) is 3.24. The Bertz CT molecular complexity index is 369. The molecular formula is C12H20N4O2. The van der Waals surface area contributed by atoms with Crippen LogP contribution in [0.1, 0.15) is 32.6 Å². The van der Waals surface area contributed by atoms with Crippen LogP contribution in [-0.4, -0.2) is 35.2 Å². The predicted molar refractivity (Wildman–Crippen MR) is 68.0 cm³/mol. The highest BCUT2D eigenvalue weighted by Crippen LogP contribution is 2.26. The normalized spacial score (nSPS) is 23.5. The van der Waals surface area contributed by atoms with E-state index >= 15 is 0 Å². The quantitative estimate of drug-likeness (QED) is 0.882. The fraction of sp³-hybridized carbons (Fsp3) is 0.750. The molecule has 1 saturated carbocycles. The van der Waals surface area contributed by atoms with E-state index in [1.54, 1.807) is 7.05 Å². The molecule has 1 aromatic heterocycles. The lowest BCUT2D eigenvalue weighted by Gasteiger charge is -2.25. The summed E-state index contributed by atoms with van der Waals surface area (Å²) in [5.74, 6) is 1.26. The zero-order valence-corrected chi connectivity index (χ0v) is 11.1. The summed E-state index contributed by atoms with van der Waals surface area (Å²) < 4.78 is 10.8. The summed E-state index contributed by atoms with van der Waals surface area (Å²) in [6.07, 6.45) is 4.73. The van der Waals surface area contributed by atoms with E-state index in [9.17, 15) is 0 Å². The SMILES string of the molecule is CNc1nc(OC)nc(OC2CCC(C)CC2)n1. The molecule has 6 heteroatoms. The minimum atomic E-state index is 0.206. The summed E-state index contributed by atoms with van der Waals surface area (Å²) in [4.78, 5) is 12.3. The molecule has 0 bridgehead atoms. The van der Waals surface area contributed by atoms with Gasteiger partial charge in [-0.3, -0.25) is 0 Å². The van der Waals surface area contributed by atoms with Gasteiger partial charge in [-0.25, -0.2) is 0 Å². The smallest absolute Gasteiger partial charge is 0.324 e. The standard InChI is InChI=1S/C12H20N4O2/c1-8-4-6-9(7-5-8)18-12-15-10(13-2)14-11(16-12)17-3/h8-9H,4-7H2,1-3H3,(H,13,14,15,16). The first-order chi connectivity index (χ1) is 8.71. The molecule has 100 valence electrons. The molecular weight excluding hydrogens is 232 g/mol. The first kappa shape index (κ1) is 12.9. The molecule has 0 spiro atoms. The van der Waals surface area contributed by atoms with E-state index in [0.29, 0.717) is 12.0 Å². The number of nitrogens with zero attached hydrogens (tertiary/aromatic N) is 3. The van der Waals surface area contributed by atoms with Crippen LogP contribution in [-0.2, 0) is 0 Å². The minimum absolute atomic E-state index is 0.206. The van der Waals surface area contributed by atoms with Crippen molar-refractivity contribution >= 4 is 5.95 Å². The van der Waals surface area contributed by atoms with Gasteiger partial charge in [0.1, 0.15) is 6.10 Å². The van der Waals surface area contributed by atoms with Gasteiger partial charge in [0.2, 0.25) is 5.95 Å².